The van der Waals surface area contributed by atoms with Gasteiger partial charge in [-0.15, -0.1) is 0 Å². The van der Waals surface area contributed by atoms with Gasteiger partial charge in [0.2, 0.25) is 0 Å². The second-order valence-corrected chi connectivity index (χ2v) is 6.44. The Morgan fingerprint density at radius 1 is 0.727 bits per heavy atom. The molecular weight excluding hydrogens is 358 g/mol. The molecule has 2 aromatic carbocycles. The van der Waals surface area contributed by atoms with Crippen LogP contribution in [0.5, 0.6) is 11.5 Å². The zero-order valence-electron chi connectivity index (χ0n) is 11.5. The van der Waals surface area contributed by atoms with Crippen molar-refractivity contribution in [3.05, 3.63) is 24.3 Å². The van der Waals surface area contributed by atoms with E-state index in [-0.39, 0.29) is 69.9 Å². The van der Waals surface area contributed by atoms with Crippen molar-refractivity contribution in [3.8, 4) is 11.5 Å². The second kappa shape index (κ2) is 7.34. The molecule has 0 spiro atoms. The van der Waals surface area contributed by atoms with E-state index in [0.717, 1.165) is 12.1 Å². The summed E-state index contributed by atoms with van der Waals surface area (Å²) in [6, 6.07) is 5.02. The number of rotatable bonds is 2. The van der Waals surface area contributed by atoms with Crippen LogP contribution in [0.2, 0.25) is 0 Å². The molecule has 0 bridgehead atoms. The predicted molar refractivity (Wildman–Crippen MR) is 63.2 cm³/mol. The van der Waals surface area contributed by atoms with Gasteiger partial charge in [-0.2, -0.15) is 0 Å². The van der Waals surface area contributed by atoms with E-state index < -0.39 is 41.5 Å². The molecule has 0 aliphatic carbocycles. The average Bonchev–Trinajstić information content (AvgIpc) is 2.30. The fraction of sp³-hybridized carbons (Fsp3) is 0. The van der Waals surface area contributed by atoms with Gasteiger partial charge < -0.3 is 19.3 Å². The van der Waals surface area contributed by atoms with Gasteiger partial charge in [-0.1, -0.05) is 24.3 Å². The van der Waals surface area contributed by atoms with Crippen LogP contribution < -0.4 is 59.1 Å². The van der Waals surface area contributed by atoms with Gasteiger partial charge in [0.1, 0.15) is 41.5 Å². The van der Waals surface area contributed by atoms with E-state index >= 15 is 0 Å². The number of aromatic hydroxyl groups is 2. The van der Waals surface area contributed by atoms with Crippen molar-refractivity contribution in [3.63, 3.8) is 0 Å². The Kier molecular flexibility index (Phi) is 7.38. The maximum atomic E-state index is 11.1. The van der Waals surface area contributed by atoms with Gasteiger partial charge in [-0.3, -0.25) is 0 Å². The Balaban J connectivity index is 0.00000220. The van der Waals surface area contributed by atoms with Crippen LogP contribution in [0.4, 0.5) is 0 Å². The predicted octanol–water partition coefficient (Wildman–Crippen LogP) is -5.93. The minimum atomic E-state index is -5.50. The molecule has 0 radical (unpaired) electrons. The first-order chi connectivity index (χ1) is 9.05. The largest absolute Gasteiger partial charge is 1.00 e. The SMILES string of the molecule is O=S(=O)([O-])c1c(S(=O)(=O)[O-])c(O)c2ccccc2c1O.[Na+].[Na+]. The molecule has 0 saturated carbocycles. The Morgan fingerprint density at radius 3 is 1.23 bits per heavy atom. The van der Waals surface area contributed by atoms with Crippen molar-refractivity contribution in [2.75, 3.05) is 0 Å². The Hall–Kier alpha value is 0.120. The third kappa shape index (κ3) is 3.96. The summed E-state index contributed by atoms with van der Waals surface area (Å²) in [5, 5.41) is 19.0. The molecular formula is C10H6Na2O8S2. The van der Waals surface area contributed by atoms with Gasteiger partial charge in [0.25, 0.3) is 0 Å². The van der Waals surface area contributed by atoms with Crippen molar-refractivity contribution in [1.82, 2.24) is 0 Å². The maximum Gasteiger partial charge on any atom is 1.00 e. The van der Waals surface area contributed by atoms with E-state index in [0.29, 0.717) is 0 Å². The molecule has 0 saturated heterocycles. The Bertz CT molecular complexity index is 845. The molecule has 0 heterocycles. The fourth-order valence-corrected chi connectivity index (χ4v) is 3.77. The van der Waals surface area contributed by atoms with Crippen molar-refractivity contribution >= 4 is 31.0 Å². The van der Waals surface area contributed by atoms with Gasteiger partial charge in [-0.25, -0.2) is 16.8 Å². The van der Waals surface area contributed by atoms with Crippen LogP contribution in [0.3, 0.4) is 0 Å². The molecule has 0 aromatic heterocycles. The van der Waals surface area contributed by atoms with Gasteiger partial charge >= 0.3 is 59.1 Å². The third-order valence-electron chi connectivity index (χ3n) is 2.57. The van der Waals surface area contributed by atoms with E-state index in [4.69, 9.17) is 0 Å². The van der Waals surface area contributed by atoms with Crippen LogP contribution in [-0.2, 0) is 20.2 Å². The normalized spacial score (nSPS) is 11.5. The number of phenolic OH excluding ortho intramolecular Hbond substituents is 2. The van der Waals surface area contributed by atoms with Gasteiger partial charge in [0.05, 0.1) is 0 Å². The first kappa shape index (κ1) is 22.1. The zero-order valence-corrected chi connectivity index (χ0v) is 17.1. The molecule has 2 N–H and O–H groups in total. The second-order valence-electron chi connectivity index (χ2n) is 3.81. The fourth-order valence-electron chi connectivity index (χ4n) is 1.82. The molecule has 0 amide bonds. The molecule has 12 heteroatoms. The smallest absolute Gasteiger partial charge is 0.744 e. The summed E-state index contributed by atoms with van der Waals surface area (Å²) >= 11 is 0. The third-order valence-corrected chi connectivity index (χ3v) is 4.50. The van der Waals surface area contributed by atoms with E-state index in [9.17, 15) is 36.2 Å². The number of hydrogen-bond acceptors (Lipinski definition) is 8. The molecule has 8 nitrogen and oxygen atoms in total. The zero-order chi connectivity index (χ0) is 15.3. The average molecular weight is 364 g/mol. The van der Waals surface area contributed by atoms with E-state index in [1.165, 1.54) is 12.1 Å². The quantitative estimate of drug-likeness (QED) is 0.303. The first-order valence-corrected chi connectivity index (χ1v) is 7.75. The summed E-state index contributed by atoms with van der Waals surface area (Å²) in [4.78, 5) is -3.30. The van der Waals surface area contributed by atoms with Crippen LogP contribution in [-0.4, -0.2) is 36.2 Å². The van der Waals surface area contributed by atoms with Gasteiger partial charge in [0.15, 0.2) is 0 Å². The van der Waals surface area contributed by atoms with Crippen LogP contribution in [0.1, 0.15) is 0 Å². The monoisotopic (exact) mass is 364 g/mol. The van der Waals surface area contributed by atoms with E-state index in [1.807, 2.05) is 0 Å². The summed E-state index contributed by atoms with van der Waals surface area (Å²) in [6.45, 7) is 0. The molecule has 0 aliphatic heterocycles. The molecule has 2 rings (SSSR count). The van der Waals surface area contributed by atoms with Gasteiger partial charge in [0, 0.05) is 10.8 Å². The van der Waals surface area contributed by atoms with E-state index in [1.54, 1.807) is 0 Å². The van der Waals surface area contributed by atoms with Crippen LogP contribution in [0.25, 0.3) is 10.8 Å². The van der Waals surface area contributed by atoms with Gasteiger partial charge in [-0.05, 0) is 0 Å². The molecule has 0 unspecified atom stereocenters. The molecule has 2 aromatic rings. The number of fused-ring (bicyclic) bond motifs is 1. The number of hydrogen-bond donors (Lipinski definition) is 2. The molecule has 0 aliphatic rings. The standard InChI is InChI=1S/C10H8O8S2.2Na/c11-7-5-3-1-2-4-6(5)8(12)10(20(16,17)18)9(7)19(13,14)15;;/h1-4,11-12H,(H,13,14,15)(H,16,17,18);;/q;2*+1/p-2. The Labute approximate surface area is 170 Å². The van der Waals surface area contributed by atoms with Crippen molar-refractivity contribution < 1.29 is 95.3 Å². The number of benzene rings is 2. The van der Waals surface area contributed by atoms with E-state index in [2.05, 4.69) is 0 Å². The molecule has 0 fully saturated rings. The Morgan fingerprint density at radius 2 is 1.00 bits per heavy atom. The summed E-state index contributed by atoms with van der Waals surface area (Å²) in [5.74, 6) is -2.38. The topological polar surface area (TPSA) is 155 Å². The van der Waals surface area contributed by atoms with Crippen LogP contribution >= 0.6 is 0 Å². The van der Waals surface area contributed by atoms with Crippen LogP contribution in [0, 0.1) is 0 Å². The summed E-state index contributed by atoms with van der Waals surface area (Å²) in [6.07, 6.45) is 0. The van der Waals surface area contributed by atoms with Crippen molar-refractivity contribution in [1.29, 1.82) is 0 Å². The van der Waals surface area contributed by atoms with Crippen molar-refractivity contribution in [2.24, 2.45) is 0 Å². The minimum Gasteiger partial charge on any atom is -0.744 e. The van der Waals surface area contributed by atoms with Crippen LogP contribution in [0.15, 0.2) is 34.1 Å². The summed E-state index contributed by atoms with van der Waals surface area (Å²) < 4.78 is 66.5. The summed E-state index contributed by atoms with van der Waals surface area (Å²) in [5.41, 5.74) is 0. The molecule has 22 heavy (non-hydrogen) atoms. The molecule has 108 valence electrons. The minimum absolute atomic E-state index is 0. The van der Waals surface area contributed by atoms with Crippen molar-refractivity contribution in [2.45, 2.75) is 9.79 Å². The maximum absolute atomic E-state index is 11.1. The first-order valence-electron chi connectivity index (χ1n) is 4.93. The molecule has 0 atom stereocenters. The number of phenols is 2. The summed E-state index contributed by atoms with van der Waals surface area (Å²) in [7, 11) is -11.0.